The first-order chi connectivity index (χ1) is 39.5. The molecule has 0 aliphatic carbocycles. The molecule has 0 aromatic heterocycles. The van der Waals surface area contributed by atoms with Gasteiger partial charge in [0, 0.05) is 19.3 Å². The normalized spacial score (nSPS) is 12.5. The first-order valence-corrected chi connectivity index (χ1v) is 34.9. The Morgan fingerprint density at radius 3 is 0.700 bits per heavy atom. The van der Waals surface area contributed by atoms with Crippen LogP contribution in [0, 0.1) is 0 Å². The van der Waals surface area contributed by atoms with Gasteiger partial charge in [-0.1, -0.05) is 318 Å². The molecule has 0 aromatic rings. The minimum Gasteiger partial charge on any atom is -0.462 e. The number of hydrogen-bond donors (Lipinski definition) is 0. The van der Waals surface area contributed by atoms with Gasteiger partial charge in [-0.2, -0.15) is 0 Å². The summed E-state index contributed by atoms with van der Waals surface area (Å²) >= 11 is 0. The van der Waals surface area contributed by atoms with Crippen LogP contribution in [0.4, 0.5) is 0 Å². The highest BCUT2D eigenvalue weighted by Gasteiger charge is 2.19. The van der Waals surface area contributed by atoms with E-state index in [-0.39, 0.29) is 31.1 Å². The van der Waals surface area contributed by atoms with Gasteiger partial charge in [-0.25, -0.2) is 0 Å². The standard InChI is InChI=1S/C74H132O6/c1-4-7-10-13-16-19-22-24-26-28-30-32-34-36-37-39-40-42-44-46-48-50-52-55-58-61-64-67-73(76)79-70-71(69-78-72(75)66-63-60-57-54-21-18-15-12-9-6-3)80-74(77)68-65-62-59-56-53-51-49-47-45-43-41-38-35-33-31-29-27-25-23-20-17-14-11-8-5-2/h22-25,28-31,34-36,38,71H,4-21,26-27,32-33,37,39-70H2,1-3H3/b24-22-,25-23-,30-28-,31-29-,36-34-,38-35-. The summed E-state index contributed by atoms with van der Waals surface area (Å²) in [7, 11) is 0. The summed E-state index contributed by atoms with van der Waals surface area (Å²) in [5.74, 6) is -0.863. The molecule has 0 aromatic carbocycles. The van der Waals surface area contributed by atoms with Crippen molar-refractivity contribution in [1.29, 1.82) is 0 Å². The van der Waals surface area contributed by atoms with E-state index in [1.807, 2.05) is 0 Å². The third kappa shape index (κ3) is 65.7. The van der Waals surface area contributed by atoms with Crippen LogP contribution in [0.25, 0.3) is 0 Å². The number of rotatable bonds is 64. The molecule has 80 heavy (non-hydrogen) atoms. The minimum absolute atomic E-state index is 0.0740. The summed E-state index contributed by atoms with van der Waals surface area (Å²) in [4.78, 5) is 38.3. The molecule has 0 aliphatic heterocycles. The summed E-state index contributed by atoms with van der Waals surface area (Å²) in [5, 5.41) is 0. The molecular formula is C74H132O6. The highest BCUT2D eigenvalue weighted by atomic mass is 16.6. The van der Waals surface area contributed by atoms with Crippen LogP contribution in [0.2, 0.25) is 0 Å². The van der Waals surface area contributed by atoms with Crippen LogP contribution < -0.4 is 0 Å². The fraction of sp³-hybridized carbons (Fsp3) is 0.797. The molecule has 6 nitrogen and oxygen atoms in total. The lowest BCUT2D eigenvalue weighted by molar-refractivity contribution is -0.167. The molecule has 0 aliphatic rings. The molecule has 0 saturated carbocycles. The first-order valence-electron chi connectivity index (χ1n) is 34.9. The molecule has 0 spiro atoms. The summed E-state index contributed by atoms with van der Waals surface area (Å²) in [6.45, 7) is 6.64. The molecule has 0 N–H and O–H groups in total. The number of allylic oxidation sites excluding steroid dienone is 12. The molecule has 464 valence electrons. The van der Waals surface area contributed by atoms with Gasteiger partial charge in [-0.3, -0.25) is 14.4 Å². The van der Waals surface area contributed by atoms with Gasteiger partial charge in [-0.15, -0.1) is 0 Å². The second-order valence-corrected chi connectivity index (χ2v) is 23.4. The molecule has 0 bridgehead atoms. The minimum atomic E-state index is -0.777. The SMILES string of the molecule is CCCCCCC/C=C\C/C=C\C/C=C\CCCCCCCCCCCCCCC(=O)OCC(COC(=O)CCCCCCCCCCCC)OC(=O)CCCCCCCCCCCC/C=C\C/C=C\C/C=C\CCCCCCC. The Morgan fingerprint density at radius 1 is 0.250 bits per heavy atom. The molecule has 0 heterocycles. The van der Waals surface area contributed by atoms with Crippen molar-refractivity contribution in [3.8, 4) is 0 Å². The summed E-state index contributed by atoms with van der Waals surface area (Å²) in [6.07, 6.45) is 89.3. The van der Waals surface area contributed by atoms with Gasteiger partial charge in [0.05, 0.1) is 0 Å². The van der Waals surface area contributed by atoms with Crippen molar-refractivity contribution in [3.05, 3.63) is 72.9 Å². The second-order valence-electron chi connectivity index (χ2n) is 23.4. The van der Waals surface area contributed by atoms with E-state index >= 15 is 0 Å². The summed E-state index contributed by atoms with van der Waals surface area (Å²) in [6, 6.07) is 0. The molecule has 0 radical (unpaired) electrons. The predicted molar refractivity (Wildman–Crippen MR) is 348 cm³/mol. The number of esters is 3. The van der Waals surface area contributed by atoms with Crippen molar-refractivity contribution in [1.82, 2.24) is 0 Å². The first kappa shape index (κ1) is 76.9. The van der Waals surface area contributed by atoms with Crippen molar-refractivity contribution >= 4 is 17.9 Å². The van der Waals surface area contributed by atoms with Gasteiger partial charge in [0.15, 0.2) is 6.10 Å². The molecule has 6 heteroatoms. The lowest BCUT2D eigenvalue weighted by atomic mass is 10.0. The van der Waals surface area contributed by atoms with Crippen molar-refractivity contribution < 1.29 is 28.6 Å². The second kappa shape index (κ2) is 68.3. The van der Waals surface area contributed by atoms with Gasteiger partial charge < -0.3 is 14.2 Å². The number of carbonyl (C=O) groups is 3. The Balaban J connectivity index is 4.21. The van der Waals surface area contributed by atoms with Crippen LogP contribution in [0.3, 0.4) is 0 Å². The van der Waals surface area contributed by atoms with Crippen LogP contribution in [-0.2, 0) is 28.6 Å². The van der Waals surface area contributed by atoms with Gasteiger partial charge in [-0.05, 0) is 96.3 Å². The van der Waals surface area contributed by atoms with Crippen molar-refractivity contribution in [3.63, 3.8) is 0 Å². The van der Waals surface area contributed by atoms with E-state index in [1.54, 1.807) is 0 Å². The lowest BCUT2D eigenvalue weighted by Crippen LogP contribution is -2.30. The highest BCUT2D eigenvalue weighted by Crippen LogP contribution is 2.17. The van der Waals surface area contributed by atoms with E-state index in [0.717, 1.165) is 83.5 Å². The zero-order chi connectivity index (χ0) is 57.8. The van der Waals surface area contributed by atoms with Gasteiger partial charge in [0.1, 0.15) is 13.2 Å². The summed E-state index contributed by atoms with van der Waals surface area (Å²) < 4.78 is 16.9. The molecule has 0 rings (SSSR count). The number of carbonyl (C=O) groups excluding carboxylic acids is 3. The third-order valence-corrected chi connectivity index (χ3v) is 15.4. The highest BCUT2D eigenvalue weighted by molar-refractivity contribution is 5.71. The van der Waals surface area contributed by atoms with Crippen LogP contribution in [0.15, 0.2) is 72.9 Å². The maximum Gasteiger partial charge on any atom is 0.306 e. The van der Waals surface area contributed by atoms with E-state index in [0.29, 0.717) is 19.3 Å². The molecule has 1 unspecified atom stereocenters. The predicted octanol–water partition coefficient (Wildman–Crippen LogP) is 24.1. The van der Waals surface area contributed by atoms with Crippen LogP contribution in [0.5, 0.6) is 0 Å². The Labute approximate surface area is 497 Å². The smallest absolute Gasteiger partial charge is 0.306 e. The lowest BCUT2D eigenvalue weighted by Gasteiger charge is -2.18. The fourth-order valence-electron chi connectivity index (χ4n) is 10.2. The zero-order valence-electron chi connectivity index (χ0n) is 53.3. The third-order valence-electron chi connectivity index (χ3n) is 15.4. The largest absolute Gasteiger partial charge is 0.462 e. The monoisotopic (exact) mass is 1120 g/mol. The van der Waals surface area contributed by atoms with E-state index < -0.39 is 6.10 Å². The van der Waals surface area contributed by atoms with Gasteiger partial charge in [0.2, 0.25) is 0 Å². The van der Waals surface area contributed by atoms with Crippen LogP contribution in [0.1, 0.15) is 361 Å². The fourth-order valence-corrected chi connectivity index (χ4v) is 10.2. The maximum atomic E-state index is 12.9. The quantitative estimate of drug-likeness (QED) is 0.0261. The van der Waals surface area contributed by atoms with E-state index in [4.69, 9.17) is 14.2 Å². The van der Waals surface area contributed by atoms with Crippen LogP contribution in [-0.4, -0.2) is 37.2 Å². The average molecular weight is 1120 g/mol. The molecule has 0 amide bonds. The number of unbranched alkanes of at least 4 members (excludes halogenated alkanes) is 41. The zero-order valence-corrected chi connectivity index (χ0v) is 53.3. The molecular weight excluding hydrogens is 985 g/mol. The topological polar surface area (TPSA) is 78.9 Å². The van der Waals surface area contributed by atoms with E-state index in [9.17, 15) is 14.4 Å². The Morgan fingerprint density at radius 2 is 0.450 bits per heavy atom. The molecule has 0 fully saturated rings. The van der Waals surface area contributed by atoms with Gasteiger partial charge in [0.25, 0.3) is 0 Å². The van der Waals surface area contributed by atoms with Crippen molar-refractivity contribution in [2.45, 2.75) is 367 Å². The average Bonchev–Trinajstić information content (AvgIpc) is 3.46. The molecule has 0 saturated heterocycles. The van der Waals surface area contributed by atoms with E-state index in [2.05, 4.69) is 93.7 Å². The Hall–Kier alpha value is -3.15. The Kier molecular flexibility index (Phi) is 65.7. The maximum absolute atomic E-state index is 12.9. The Bertz CT molecular complexity index is 1470. The summed E-state index contributed by atoms with van der Waals surface area (Å²) in [5.41, 5.74) is 0. The van der Waals surface area contributed by atoms with E-state index in [1.165, 1.54) is 238 Å². The van der Waals surface area contributed by atoms with Gasteiger partial charge >= 0.3 is 17.9 Å². The number of ether oxygens (including phenoxy) is 3. The van der Waals surface area contributed by atoms with Crippen molar-refractivity contribution in [2.24, 2.45) is 0 Å². The molecule has 1 atom stereocenters. The van der Waals surface area contributed by atoms with Crippen LogP contribution >= 0.6 is 0 Å². The van der Waals surface area contributed by atoms with Crippen molar-refractivity contribution in [2.75, 3.05) is 13.2 Å². The number of hydrogen-bond acceptors (Lipinski definition) is 6.